The summed E-state index contributed by atoms with van der Waals surface area (Å²) in [5.74, 6) is 0.889. The second-order valence-electron chi connectivity index (χ2n) is 2.73. The van der Waals surface area contributed by atoms with Crippen LogP contribution < -0.4 is 5.73 Å². The van der Waals surface area contributed by atoms with Crippen LogP contribution >= 0.6 is 0 Å². The number of allylic oxidation sites excluding steroid dienone is 2. The van der Waals surface area contributed by atoms with Gasteiger partial charge in [0.2, 0.25) is 0 Å². The first-order valence-corrected chi connectivity index (χ1v) is 3.78. The van der Waals surface area contributed by atoms with Crippen LogP contribution in [-0.2, 0) is 0 Å². The lowest BCUT2D eigenvalue weighted by Crippen LogP contribution is -2.09. The Morgan fingerprint density at radius 1 is 1.44 bits per heavy atom. The maximum Gasteiger partial charge on any atom is -0.00745 e. The number of hydrogen-bond acceptors (Lipinski definition) is 1. The zero-order chi connectivity index (χ0) is 6.53. The van der Waals surface area contributed by atoms with E-state index >= 15 is 0 Å². The topological polar surface area (TPSA) is 26.0 Å². The highest BCUT2D eigenvalue weighted by molar-refractivity contribution is 4.89. The zero-order valence-corrected chi connectivity index (χ0v) is 5.84. The lowest BCUT2D eigenvalue weighted by atomic mass is 9.92. The van der Waals surface area contributed by atoms with Crippen LogP contribution in [-0.4, -0.2) is 6.54 Å². The first-order chi connectivity index (χ1) is 4.43. The monoisotopic (exact) mass is 125 g/mol. The van der Waals surface area contributed by atoms with Gasteiger partial charge in [-0.2, -0.15) is 0 Å². The molecule has 0 bridgehead atoms. The Labute approximate surface area is 56.9 Å². The van der Waals surface area contributed by atoms with Crippen LogP contribution in [0.2, 0.25) is 0 Å². The molecule has 52 valence electrons. The van der Waals surface area contributed by atoms with E-state index in [1.165, 1.54) is 25.7 Å². The lowest BCUT2D eigenvalue weighted by molar-refractivity contribution is 0.452. The Morgan fingerprint density at radius 3 is 2.89 bits per heavy atom. The molecular formula is C8H15N. The van der Waals surface area contributed by atoms with Gasteiger partial charge in [0.1, 0.15) is 0 Å². The van der Waals surface area contributed by atoms with Crippen molar-refractivity contribution in [1.29, 1.82) is 0 Å². The Balaban J connectivity index is 2.18. The summed E-state index contributed by atoms with van der Waals surface area (Å²) in [4.78, 5) is 0. The molecule has 1 aliphatic rings. The smallest absolute Gasteiger partial charge is 0.00745 e. The van der Waals surface area contributed by atoms with E-state index in [0.717, 1.165) is 12.5 Å². The highest BCUT2D eigenvalue weighted by Gasteiger charge is 2.07. The van der Waals surface area contributed by atoms with Crippen LogP contribution in [0, 0.1) is 5.92 Å². The second kappa shape index (κ2) is 3.67. The van der Waals surface area contributed by atoms with E-state index in [2.05, 4.69) is 12.2 Å². The molecule has 0 heterocycles. The summed E-state index contributed by atoms with van der Waals surface area (Å²) >= 11 is 0. The number of hydrogen-bond donors (Lipinski definition) is 1. The molecule has 1 aliphatic carbocycles. The fourth-order valence-electron chi connectivity index (χ4n) is 1.35. The summed E-state index contributed by atoms with van der Waals surface area (Å²) in [6.07, 6.45) is 9.65. The maximum atomic E-state index is 5.44. The van der Waals surface area contributed by atoms with Gasteiger partial charge >= 0.3 is 0 Å². The van der Waals surface area contributed by atoms with Crippen molar-refractivity contribution < 1.29 is 0 Å². The molecule has 0 aliphatic heterocycles. The highest BCUT2D eigenvalue weighted by atomic mass is 14.5. The van der Waals surface area contributed by atoms with Gasteiger partial charge in [0.25, 0.3) is 0 Å². The molecule has 0 saturated heterocycles. The van der Waals surface area contributed by atoms with Gasteiger partial charge in [-0.05, 0) is 38.1 Å². The van der Waals surface area contributed by atoms with Crippen LogP contribution in [0.25, 0.3) is 0 Å². The maximum absolute atomic E-state index is 5.44. The predicted octanol–water partition coefficient (Wildman–Crippen LogP) is 1.69. The molecule has 0 radical (unpaired) electrons. The minimum Gasteiger partial charge on any atom is -0.330 e. The van der Waals surface area contributed by atoms with E-state index in [1.54, 1.807) is 0 Å². The van der Waals surface area contributed by atoms with Gasteiger partial charge < -0.3 is 5.73 Å². The molecule has 0 saturated carbocycles. The summed E-state index contributed by atoms with van der Waals surface area (Å²) in [5.41, 5.74) is 5.44. The summed E-state index contributed by atoms with van der Waals surface area (Å²) in [6, 6.07) is 0. The second-order valence-corrected chi connectivity index (χ2v) is 2.73. The average molecular weight is 125 g/mol. The van der Waals surface area contributed by atoms with E-state index in [1.807, 2.05) is 0 Å². The van der Waals surface area contributed by atoms with Crippen molar-refractivity contribution in [2.24, 2.45) is 11.7 Å². The molecule has 0 fully saturated rings. The minimum atomic E-state index is 0.860. The van der Waals surface area contributed by atoms with Gasteiger partial charge in [0, 0.05) is 0 Å². The first-order valence-electron chi connectivity index (χ1n) is 3.78. The van der Waals surface area contributed by atoms with Crippen LogP contribution in [0.5, 0.6) is 0 Å². The van der Waals surface area contributed by atoms with Crippen molar-refractivity contribution in [3.63, 3.8) is 0 Å². The van der Waals surface area contributed by atoms with E-state index in [0.29, 0.717) is 0 Å². The van der Waals surface area contributed by atoms with E-state index in [-0.39, 0.29) is 0 Å². The fraction of sp³-hybridized carbons (Fsp3) is 0.750. The van der Waals surface area contributed by atoms with Crippen LogP contribution in [0.4, 0.5) is 0 Å². The molecule has 1 rings (SSSR count). The molecule has 0 amide bonds. The van der Waals surface area contributed by atoms with Crippen LogP contribution in [0.1, 0.15) is 25.7 Å². The Morgan fingerprint density at radius 2 is 2.33 bits per heavy atom. The molecule has 0 aromatic carbocycles. The van der Waals surface area contributed by atoms with Gasteiger partial charge in [0.05, 0.1) is 0 Å². The van der Waals surface area contributed by atoms with Gasteiger partial charge in [-0.15, -0.1) is 0 Å². The molecule has 0 aromatic rings. The lowest BCUT2D eigenvalue weighted by Gasteiger charge is -2.15. The fourth-order valence-corrected chi connectivity index (χ4v) is 1.35. The summed E-state index contributed by atoms with van der Waals surface area (Å²) in [6.45, 7) is 0.860. The average Bonchev–Trinajstić information content (AvgIpc) is 1.91. The molecule has 0 aromatic heterocycles. The van der Waals surface area contributed by atoms with Crippen molar-refractivity contribution in [2.75, 3.05) is 6.54 Å². The molecule has 9 heavy (non-hydrogen) atoms. The van der Waals surface area contributed by atoms with Crippen molar-refractivity contribution in [2.45, 2.75) is 25.7 Å². The van der Waals surface area contributed by atoms with Crippen molar-refractivity contribution >= 4 is 0 Å². The molecule has 1 atom stereocenters. The Bertz CT molecular complexity index is 96.7. The van der Waals surface area contributed by atoms with Crippen molar-refractivity contribution in [1.82, 2.24) is 0 Å². The van der Waals surface area contributed by atoms with Gasteiger partial charge in [-0.25, -0.2) is 0 Å². The zero-order valence-electron chi connectivity index (χ0n) is 5.84. The molecule has 2 N–H and O–H groups in total. The molecular weight excluding hydrogens is 110 g/mol. The number of nitrogens with two attached hydrogens (primary N) is 1. The van der Waals surface area contributed by atoms with Crippen LogP contribution in [0.15, 0.2) is 12.2 Å². The molecule has 0 unspecified atom stereocenters. The summed E-state index contributed by atoms with van der Waals surface area (Å²) in [7, 11) is 0. The summed E-state index contributed by atoms with van der Waals surface area (Å²) in [5, 5.41) is 0. The normalized spacial score (nSPS) is 26.6. The predicted molar refractivity (Wildman–Crippen MR) is 40.2 cm³/mol. The number of rotatable bonds is 2. The van der Waals surface area contributed by atoms with E-state index in [9.17, 15) is 0 Å². The standard InChI is InChI=1S/C8H15N/c9-7-6-8-4-2-1-3-5-8/h1-2,8H,3-7,9H2/t8-/m1/s1. The summed E-state index contributed by atoms with van der Waals surface area (Å²) < 4.78 is 0. The Hall–Kier alpha value is -0.300. The van der Waals surface area contributed by atoms with E-state index < -0.39 is 0 Å². The highest BCUT2D eigenvalue weighted by Crippen LogP contribution is 2.20. The SMILES string of the molecule is NCC[C@@H]1CC=CCC1. The quantitative estimate of drug-likeness (QED) is 0.558. The molecule has 1 nitrogen and oxygen atoms in total. The third kappa shape index (κ3) is 2.19. The third-order valence-electron chi connectivity index (χ3n) is 1.95. The minimum absolute atomic E-state index is 0.860. The van der Waals surface area contributed by atoms with Gasteiger partial charge in [-0.1, -0.05) is 12.2 Å². The third-order valence-corrected chi connectivity index (χ3v) is 1.95. The van der Waals surface area contributed by atoms with Crippen molar-refractivity contribution in [3.05, 3.63) is 12.2 Å². The Kier molecular flexibility index (Phi) is 2.78. The molecule has 1 heteroatoms. The first kappa shape index (κ1) is 6.81. The van der Waals surface area contributed by atoms with Gasteiger partial charge in [0.15, 0.2) is 0 Å². The largest absolute Gasteiger partial charge is 0.330 e. The van der Waals surface area contributed by atoms with Gasteiger partial charge in [-0.3, -0.25) is 0 Å². The van der Waals surface area contributed by atoms with Crippen molar-refractivity contribution in [3.8, 4) is 0 Å². The van der Waals surface area contributed by atoms with E-state index in [4.69, 9.17) is 5.73 Å². The van der Waals surface area contributed by atoms with Crippen LogP contribution in [0.3, 0.4) is 0 Å². The molecule has 0 spiro atoms.